The highest BCUT2D eigenvalue weighted by atomic mass is 35.5. The molecule has 0 saturated carbocycles. The van der Waals surface area contributed by atoms with Crippen LogP contribution in [0.3, 0.4) is 0 Å². The van der Waals surface area contributed by atoms with Crippen LogP contribution in [-0.4, -0.2) is 31.1 Å². The Hall–Kier alpha value is -0.570. The van der Waals surface area contributed by atoms with E-state index in [2.05, 4.69) is 43.2 Å². The predicted octanol–water partition coefficient (Wildman–Crippen LogP) is 3.47. The van der Waals surface area contributed by atoms with Crippen molar-refractivity contribution < 1.29 is 0 Å². The summed E-state index contributed by atoms with van der Waals surface area (Å²) in [7, 11) is 2.18. The molecule has 1 unspecified atom stereocenters. The normalized spacial score (nSPS) is 13.0. The Morgan fingerprint density at radius 2 is 2.11 bits per heavy atom. The number of hydrogen-bond acceptors (Lipinski definition) is 2. The summed E-state index contributed by atoms with van der Waals surface area (Å²) in [5.41, 5.74) is 2.38. The highest BCUT2D eigenvalue weighted by Crippen LogP contribution is 2.16. The van der Waals surface area contributed by atoms with Crippen LogP contribution in [0.1, 0.15) is 31.4 Å². The highest BCUT2D eigenvalue weighted by molar-refractivity contribution is 6.31. The van der Waals surface area contributed by atoms with Crippen LogP contribution in [0.25, 0.3) is 0 Å². The van der Waals surface area contributed by atoms with Crippen LogP contribution < -0.4 is 5.32 Å². The third-order valence-corrected chi connectivity index (χ3v) is 3.96. The van der Waals surface area contributed by atoms with Crippen LogP contribution in [0.5, 0.6) is 0 Å². The van der Waals surface area contributed by atoms with Gasteiger partial charge in [-0.05, 0) is 44.5 Å². The zero-order valence-corrected chi connectivity index (χ0v) is 12.7. The monoisotopic (exact) mass is 268 g/mol. The summed E-state index contributed by atoms with van der Waals surface area (Å²) in [4.78, 5) is 2.38. The van der Waals surface area contributed by atoms with Crippen molar-refractivity contribution in [2.24, 2.45) is 0 Å². The van der Waals surface area contributed by atoms with E-state index in [0.717, 1.165) is 30.2 Å². The van der Waals surface area contributed by atoms with Gasteiger partial charge in [-0.1, -0.05) is 30.7 Å². The van der Waals surface area contributed by atoms with Crippen LogP contribution in [0.15, 0.2) is 18.2 Å². The van der Waals surface area contributed by atoms with Crippen molar-refractivity contribution in [1.82, 2.24) is 10.2 Å². The zero-order valence-electron chi connectivity index (χ0n) is 12.0. The average molecular weight is 269 g/mol. The molecule has 1 aromatic rings. The first kappa shape index (κ1) is 15.5. The summed E-state index contributed by atoms with van der Waals surface area (Å²) in [6.45, 7) is 9.48. The lowest BCUT2D eigenvalue weighted by Gasteiger charge is -2.23. The van der Waals surface area contributed by atoms with Crippen molar-refractivity contribution in [3.63, 3.8) is 0 Å². The number of benzene rings is 1. The van der Waals surface area contributed by atoms with Gasteiger partial charge < -0.3 is 10.2 Å². The van der Waals surface area contributed by atoms with Crippen LogP contribution in [0, 0.1) is 6.92 Å². The maximum atomic E-state index is 6.10. The van der Waals surface area contributed by atoms with E-state index in [9.17, 15) is 0 Å². The third-order valence-electron chi connectivity index (χ3n) is 3.55. The SMILES string of the molecule is CCC(C)N(C)CCNCc1ccc(C)c(Cl)c1. The van der Waals surface area contributed by atoms with Gasteiger partial charge in [-0.3, -0.25) is 0 Å². The number of nitrogens with one attached hydrogen (secondary N) is 1. The van der Waals surface area contributed by atoms with E-state index in [1.165, 1.54) is 12.0 Å². The summed E-state index contributed by atoms with van der Waals surface area (Å²) in [5.74, 6) is 0. The molecule has 0 aromatic heterocycles. The first-order valence-electron chi connectivity index (χ1n) is 6.70. The lowest BCUT2D eigenvalue weighted by Crippen LogP contribution is -2.34. The Bertz CT molecular complexity index is 366. The minimum absolute atomic E-state index is 0.653. The third kappa shape index (κ3) is 4.97. The van der Waals surface area contributed by atoms with E-state index < -0.39 is 0 Å². The molecule has 102 valence electrons. The van der Waals surface area contributed by atoms with Gasteiger partial charge in [-0.2, -0.15) is 0 Å². The van der Waals surface area contributed by atoms with Crippen molar-refractivity contribution in [3.05, 3.63) is 34.3 Å². The first-order chi connectivity index (χ1) is 8.54. The van der Waals surface area contributed by atoms with Crippen LogP contribution in [-0.2, 0) is 6.54 Å². The maximum absolute atomic E-state index is 6.10. The lowest BCUT2D eigenvalue weighted by molar-refractivity contribution is 0.252. The number of halogens is 1. The maximum Gasteiger partial charge on any atom is 0.0438 e. The van der Waals surface area contributed by atoms with Crippen molar-refractivity contribution in [3.8, 4) is 0 Å². The molecule has 0 aliphatic rings. The molecule has 0 aliphatic carbocycles. The predicted molar refractivity (Wildman–Crippen MR) is 80.3 cm³/mol. The number of rotatable bonds is 7. The molecule has 0 radical (unpaired) electrons. The Kier molecular flexibility index (Phi) is 6.69. The molecule has 0 heterocycles. The Balaban J connectivity index is 2.27. The van der Waals surface area contributed by atoms with Crippen molar-refractivity contribution in [1.29, 1.82) is 0 Å². The molecule has 2 nitrogen and oxygen atoms in total. The van der Waals surface area contributed by atoms with Gasteiger partial charge in [-0.25, -0.2) is 0 Å². The van der Waals surface area contributed by atoms with Gasteiger partial charge in [0.2, 0.25) is 0 Å². The van der Waals surface area contributed by atoms with Gasteiger partial charge in [0.25, 0.3) is 0 Å². The summed E-state index contributed by atoms with van der Waals surface area (Å²) in [6, 6.07) is 6.90. The lowest BCUT2D eigenvalue weighted by atomic mass is 10.1. The molecule has 0 spiro atoms. The fourth-order valence-electron chi connectivity index (χ4n) is 1.77. The van der Waals surface area contributed by atoms with E-state index in [-0.39, 0.29) is 0 Å². The second-order valence-electron chi connectivity index (χ2n) is 5.00. The second kappa shape index (κ2) is 7.78. The van der Waals surface area contributed by atoms with E-state index in [1.54, 1.807) is 0 Å². The zero-order chi connectivity index (χ0) is 13.5. The molecule has 0 amide bonds. The second-order valence-corrected chi connectivity index (χ2v) is 5.41. The molecule has 1 aromatic carbocycles. The first-order valence-corrected chi connectivity index (χ1v) is 7.08. The van der Waals surface area contributed by atoms with Crippen molar-refractivity contribution in [2.75, 3.05) is 20.1 Å². The van der Waals surface area contributed by atoms with Crippen molar-refractivity contribution in [2.45, 2.75) is 39.8 Å². The van der Waals surface area contributed by atoms with E-state index in [0.29, 0.717) is 6.04 Å². The number of hydrogen-bond donors (Lipinski definition) is 1. The topological polar surface area (TPSA) is 15.3 Å². The fourth-order valence-corrected chi connectivity index (χ4v) is 1.97. The summed E-state index contributed by atoms with van der Waals surface area (Å²) >= 11 is 6.10. The largest absolute Gasteiger partial charge is 0.311 e. The number of likely N-dealkylation sites (N-methyl/N-ethyl adjacent to an activating group) is 1. The van der Waals surface area contributed by atoms with E-state index in [1.807, 2.05) is 13.0 Å². The highest BCUT2D eigenvalue weighted by Gasteiger charge is 2.05. The molecule has 3 heteroatoms. The van der Waals surface area contributed by atoms with Crippen LogP contribution >= 0.6 is 11.6 Å². The fraction of sp³-hybridized carbons (Fsp3) is 0.600. The summed E-state index contributed by atoms with van der Waals surface area (Å²) in [5, 5.41) is 4.31. The minimum Gasteiger partial charge on any atom is -0.311 e. The van der Waals surface area contributed by atoms with Gasteiger partial charge in [0.1, 0.15) is 0 Å². The van der Waals surface area contributed by atoms with Crippen LogP contribution in [0.4, 0.5) is 0 Å². The van der Waals surface area contributed by atoms with Gasteiger partial charge >= 0.3 is 0 Å². The Labute approximate surface area is 116 Å². The van der Waals surface area contributed by atoms with Gasteiger partial charge in [0, 0.05) is 30.7 Å². The quantitative estimate of drug-likeness (QED) is 0.762. The molecule has 1 rings (SSSR count). The number of nitrogens with zero attached hydrogens (tertiary/aromatic N) is 1. The van der Waals surface area contributed by atoms with Gasteiger partial charge in [-0.15, -0.1) is 0 Å². The summed E-state index contributed by atoms with van der Waals surface area (Å²) < 4.78 is 0. The smallest absolute Gasteiger partial charge is 0.0438 e. The Morgan fingerprint density at radius 3 is 2.72 bits per heavy atom. The standard InChI is InChI=1S/C15H25ClN2/c1-5-13(3)18(4)9-8-17-11-14-7-6-12(2)15(16)10-14/h6-7,10,13,17H,5,8-9,11H2,1-4H3. The van der Waals surface area contributed by atoms with Crippen LogP contribution in [0.2, 0.25) is 5.02 Å². The van der Waals surface area contributed by atoms with E-state index >= 15 is 0 Å². The molecular weight excluding hydrogens is 244 g/mol. The summed E-state index contributed by atoms with van der Waals surface area (Å²) in [6.07, 6.45) is 1.20. The average Bonchev–Trinajstić information content (AvgIpc) is 2.37. The molecular formula is C15H25ClN2. The molecule has 1 atom stereocenters. The minimum atomic E-state index is 0.653. The Morgan fingerprint density at radius 1 is 1.39 bits per heavy atom. The molecule has 0 saturated heterocycles. The van der Waals surface area contributed by atoms with Crippen molar-refractivity contribution >= 4 is 11.6 Å². The molecule has 0 aliphatic heterocycles. The molecule has 0 bridgehead atoms. The molecule has 0 fully saturated rings. The molecule has 18 heavy (non-hydrogen) atoms. The molecule has 1 N–H and O–H groups in total. The number of aryl methyl sites for hydroxylation is 1. The van der Waals surface area contributed by atoms with Gasteiger partial charge in [0.05, 0.1) is 0 Å². The van der Waals surface area contributed by atoms with Gasteiger partial charge in [0.15, 0.2) is 0 Å². The van der Waals surface area contributed by atoms with E-state index in [4.69, 9.17) is 11.6 Å².